The maximum atomic E-state index is 13.7. The van der Waals surface area contributed by atoms with Crippen molar-refractivity contribution in [2.75, 3.05) is 13.1 Å². The number of ether oxygens (including phenoxy) is 2. The molecule has 1 heterocycles. The Balaban J connectivity index is 1.92. The second-order valence-electron chi connectivity index (χ2n) is 6.03. The van der Waals surface area contributed by atoms with E-state index in [0.717, 1.165) is 0 Å². The van der Waals surface area contributed by atoms with Crippen LogP contribution in [0.2, 0.25) is 0 Å². The molecule has 1 fully saturated rings. The summed E-state index contributed by atoms with van der Waals surface area (Å²) in [7, 11) is 0. The Morgan fingerprint density at radius 3 is 2.76 bits per heavy atom. The van der Waals surface area contributed by atoms with Gasteiger partial charge in [0.2, 0.25) is 0 Å². The van der Waals surface area contributed by atoms with Crippen molar-refractivity contribution >= 4 is 22.0 Å². The van der Waals surface area contributed by atoms with Crippen LogP contribution in [0, 0.1) is 5.82 Å². The number of amides is 1. The maximum Gasteiger partial charge on any atom is 0.410 e. The van der Waals surface area contributed by atoms with Crippen molar-refractivity contribution in [1.29, 1.82) is 0 Å². The predicted octanol–water partition coefficient (Wildman–Crippen LogP) is 3.98. The summed E-state index contributed by atoms with van der Waals surface area (Å²) in [6.45, 7) is 6.44. The molecule has 4 nitrogen and oxygen atoms in total. The van der Waals surface area contributed by atoms with Crippen LogP contribution < -0.4 is 4.74 Å². The molecule has 1 atom stereocenters. The van der Waals surface area contributed by atoms with Gasteiger partial charge in [0.15, 0.2) is 11.6 Å². The van der Waals surface area contributed by atoms with Crippen LogP contribution in [0.4, 0.5) is 9.18 Å². The second-order valence-corrected chi connectivity index (χ2v) is 6.95. The smallest absolute Gasteiger partial charge is 0.410 e. The first-order chi connectivity index (χ1) is 9.74. The third kappa shape index (κ3) is 4.59. The highest BCUT2D eigenvalue weighted by Gasteiger charge is 2.31. The van der Waals surface area contributed by atoms with Gasteiger partial charge in [-0.3, -0.25) is 0 Å². The lowest BCUT2D eigenvalue weighted by atomic mass is 10.2. The van der Waals surface area contributed by atoms with E-state index in [2.05, 4.69) is 15.9 Å². The average Bonchev–Trinajstić information content (AvgIpc) is 2.79. The van der Waals surface area contributed by atoms with Gasteiger partial charge < -0.3 is 14.4 Å². The number of carbonyl (C=O) groups excluding carboxylic acids is 1. The van der Waals surface area contributed by atoms with Gasteiger partial charge in [-0.1, -0.05) is 15.9 Å². The van der Waals surface area contributed by atoms with Crippen molar-refractivity contribution in [3.05, 3.63) is 28.5 Å². The molecule has 1 aromatic rings. The third-order valence-corrected chi connectivity index (χ3v) is 3.48. The molecular formula is C15H19BrFNO3. The molecule has 1 amide bonds. The largest absolute Gasteiger partial charge is 0.485 e. The van der Waals surface area contributed by atoms with Crippen molar-refractivity contribution in [2.45, 2.75) is 38.9 Å². The van der Waals surface area contributed by atoms with E-state index < -0.39 is 11.4 Å². The molecule has 1 aromatic carbocycles. The Morgan fingerprint density at radius 1 is 1.43 bits per heavy atom. The minimum absolute atomic E-state index is 0.203. The fraction of sp³-hybridized carbons (Fsp3) is 0.533. The van der Waals surface area contributed by atoms with Crippen LogP contribution >= 0.6 is 15.9 Å². The molecule has 1 aliphatic heterocycles. The van der Waals surface area contributed by atoms with Crippen LogP contribution in [0.1, 0.15) is 27.2 Å². The number of nitrogens with zero attached hydrogens (tertiary/aromatic N) is 1. The minimum Gasteiger partial charge on any atom is -0.485 e. The molecule has 116 valence electrons. The Hall–Kier alpha value is -1.30. The highest BCUT2D eigenvalue weighted by atomic mass is 79.9. The SMILES string of the molecule is CC(C)(C)OC(=O)N1CC[C@H](Oc2ccc(Br)cc2F)C1. The standard InChI is InChI=1S/C15H19BrFNO3/c1-15(2,3)21-14(19)18-7-6-11(9-18)20-13-5-4-10(16)8-12(13)17/h4-5,8,11H,6-7,9H2,1-3H3/t11-/m0/s1. The zero-order valence-electron chi connectivity index (χ0n) is 12.4. The van der Waals surface area contributed by atoms with Gasteiger partial charge in [0.1, 0.15) is 11.7 Å². The molecule has 0 bridgehead atoms. The summed E-state index contributed by atoms with van der Waals surface area (Å²) < 4.78 is 25.3. The molecule has 1 saturated heterocycles. The lowest BCUT2D eigenvalue weighted by Crippen LogP contribution is -2.36. The van der Waals surface area contributed by atoms with Gasteiger partial charge in [0.05, 0.1) is 6.54 Å². The minimum atomic E-state index is -0.520. The van der Waals surface area contributed by atoms with Crippen LogP contribution in [0.5, 0.6) is 5.75 Å². The molecular weight excluding hydrogens is 341 g/mol. The van der Waals surface area contributed by atoms with E-state index in [0.29, 0.717) is 24.0 Å². The lowest BCUT2D eigenvalue weighted by Gasteiger charge is -2.24. The van der Waals surface area contributed by atoms with E-state index in [1.807, 2.05) is 20.8 Å². The zero-order valence-corrected chi connectivity index (χ0v) is 13.9. The molecule has 0 radical (unpaired) electrons. The van der Waals surface area contributed by atoms with Crippen LogP contribution in [0.3, 0.4) is 0 Å². The van der Waals surface area contributed by atoms with E-state index in [1.165, 1.54) is 6.07 Å². The summed E-state index contributed by atoms with van der Waals surface area (Å²) >= 11 is 3.20. The van der Waals surface area contributed by atoms with Gasteiger partial charge in [-0.15, -0.1) is 0 Å². The number of hydrogen-bond donors (Lipinski definition) is 0. The topological polar surface area (TPSA) is 38.8 Å². The Labute approximate surface area is 132 Å². The number of halogens is 2. The monoisotopic (exact) mass is 359 g/mol. The maximum absolute atomic E-state index is 13.7. The molecule has 0 aromatic heterocycles. The van der Waals surface area contributed by atoms with Gasteiger partial charge in [0.25, 0.3) is 0 Å². The molecule has 21 heavy (non-hydrogen) atoms. The number of carbonyl (C=O) groups is 1. The molecule has 0 N–H and O–H groups in total. The van der Waals surface area contributed by atoms with Crippen LogP contribution in [-0.4, -0.2) is 35.8 Å². The molecule has 2 rings (SSSR count). The molecule has 0 unspecified atom stereocenters. The number of benzene rings is 1. The van der Waals surface area contributed by atoms with Gasteiger partial charge >= 0.3 is 6.09 Å². The fourth-order valence-electron chi connectivity index (χ4n) is 2.07. The summed E-state index contributed by atoms with van der Waals surface area (Å²) in [5, 5.41) is 0. The summed E-state index contributed by atoms with van der Waals surface area (Å²) in [6, 6.07) is 4.66. The van der Waals surface area contributed by atoms with E-state index in [9.17, 15) is 9.18 Å². The summed E-state index contributed by atoms with van der Waals surface area (Å²) in [5.74, 6) is -0.214. The molecule has 0 saturated carbocycles. The third-order valence-electron chi connectivity index (χ3n) is 2.98. The van der Waals surface area contributed by atoms with Crippen LogP contribution in [0.15, 0.2) is 22.7 Å². The fourth-order valence-corrected chi connectivity index (χ4v) is 2.40. The van der Waals surface area contributed by atoms with Crippen molar-refractivity contribution in [3.63, 3.8) is 0 Å². The first kappa shape index (κ1) is 16.1. The Kier molecular flexibility index (Phi) is 4.76. The summed E-state index contributed by atoms with van der Waals surface area (Å²) in [5.41, 5.74) is -0.520. The van der Waals surface area contributed by atoms with Gasteiger partial charge in [-0.05, 0) is 39.0 Å². The number of hydrogen-bond acceptors (Lipinski definition) is 3. The second kappa shape index (κ2) is 6.22. The van der Waals surface area contributed by atoms with E-state index in [-0.39, 0.29) is 17.9 Å². The lowest BCUT2D eigenvalue weighted by molar-refractivity contribution is 0.0275. The van der Waals surface area contributed by atoms with E-state index in [4.69, 9.17) is 9.47 Å². The molecule has 0 spiro atoms. The predicted molar refractivity (Wildman–Crippen MR) is 80.9 cm³/mol. The van der Waals surface area contributed by atoms with Crippen molar-refractivity contribution in [1.82, 2.24) is 4.90 Å². The quantitative estimate of drug-likeness (QED) is 0.801. The number of rotatable bonds is 2. The van der Waals surface area contributed by atoms with Crippen LogP contribution in [-0.2, 0) is 4.74 Å². The van der Waals surface area contributed by atoms with Crippen molar-refractivity contribution in [2.24, 2.45) is 0 Å². The molecule has 6 heteroatoms. The molecule has 1 aliphatic rings. The van der Waals surface area contributed by atoms with Crippen molar-refractivity contribution in [3.8, 4) is 5.75 Å². The van der Waals surface area contributed by atoms with E-state index in [1.54, 1.807) is 17.0 Å². The normalized spacial score (nSPS) is 18.7. The highest BCUT2D eigenvalue weighted by Crippen LogP contribution is 2.25. The average molecular weight is 360 g/mol. The zero-order chi connectivity index (χ0) is 15.6. The summed E-state index contributed by atoms with van der Waals surface area (Å²) in [4.78, 5) is 13.5. The highest BCUT2D eigenvalue weighted by molar-refractivity contribution is 9.10. The van der Waals surface area contributed by atoms with Gasteiger partial charge in [-0.2, -0.15) is 0 Å². The first-order valence-corrected chi connectivity index (χ1v) is 7.63. The first-order valence-electron chi connectivity index (χ1n) is 6.84. The van der Waals surface area contributed by atoms with Gasteiger partial charge in [-0.25, -0.2) is 9.18 Å². The van der Waals surface area contributed by atoms with Crippen molar-refractivity contribution < 1.29 is 18.7 Å². The summed E-state index contributed by atoms with van der Waals surface area (Å²) in [6.07, 6.45) is 0.0902. The Morgan fingerprint density at radius 2 is 2.14 bits per heavy atom. The Bertz CT molecular complexity index is 530. The van der Waals surface area contributed by atoms with Crippen LogP contribution in [0.25, 0.3) is 0 Å². The van der Waals surface area contributed by atoms with E-state index >= 15 is 0 Å². The number of likely N-dealkylation sites (tertiary alicyclic amines) is 1. The van der Waals surface area contributed by atoms with Gasteiger partial charge in [0, 0.05) is 17.4 Å². The molecule has 0 aliphatic carbocycles.